The van der Waals surface area contributed by atoms with E-state index in [1.54, 1.807) is 31.2 Å². The molecule has 2 aromatic carbocycles. The second-order valence-electron chi connectivity index (χ2n) is 11.4. The van der Waals surface area contributed by atoms with Crippen molar-refractivity contribution in [2.45, 2.75) is 51.9 Å². The number of hydrogen-bond acceptors (Lipinski definition) is 7. The molecule has 8 nitrogen and oxygen atoms in total. The fraction of sp³-hybridized carbons (Fsp3) is 0.355. The van der Waals surface area contributed by atoms with Crippen molar-refractivity contribution in [3.63, 3.8) is 0 Å². The normalized spacial score (nSPS) is 14.4. The molecule has 1 atom stereocenters. The van der Waals surface area contributed by atoms with Gasteiger partial charge in [0.05, 0.1) is 49.1 Å². The topological polar surface area (TPSA) is 122 Å². The fourth-order valence-electron chi connectivity index (χ4n) is 5.05. The van der Waals surface area contributed by atoms with Gasteiger partial charge in [0.15, 0.2) is 0 Å². The second-order valence-corrected chi connectivity index (χ2v) is 15.0. The van der Waals surface area contributed by atoms with Crippen LogP contribution in [0.1, 0.15) is 75.6 Å². The number of hydrogen-bond donors (Lipinski definition) is 3. The largest absolute Gasteiger partial charge is 0.478 e. The third-order valence-electron chi connectivity index (χ3n) is 7.39. The number of aromatic carboxylic acids is 1. The van der Waals surface area contributed by atoms with E-state index in [0.717, 1.165) is 29.7 Å². The fourth-order valence-corrected chi connectivity index (χ4v) is 8.15. The average Bonchev–Trinajstić information content (AvgIpc) is 3.33. The van der Waals surface area contributed by atoms with E-state index in [4.69, 9.17) is 51.1 Å². The standard InChI is InChI=1S/C31H30Cl4N2O6S2/c1-5-43-30(42)20-17-10-9-14(31(2,3)4)11-18(17)45-28(20)37-19(38)13-44-16-8-6-7-15(12-16)36-27(39)21-22(29(40)41)24(33)26(35)25(34)23(21)32/h6-8,12,14H,5,9-11,13H2,1-4H3,(H,36,39)(H,37,38)(H,40,41). The minimum Gasteiger partial charge on any atom is -0.478 e. The molecule has 0 fully saturated rings. The predicted molar refractivity (Wildman–Crippen MR) is 182 cm³/mol. The van der Waals surface area contributed by atoms with Gasteiger partial charge in [0.1, 0.15) is 5.00 Å². The summed E-state index contributed by atoms with van der Waals surface area (Å²) in [5.74, 6) is -2.64. The molecular formula is C31H30Cl4N2O6S2. The van der Waals surface area contributed by atoms with Crippen LogP contribution in [-0.4, -0.2) is 41.2 Å². The molecule has 1 aliphatic carbocycles. The lowest BCUT2D eigenvalue weighted by molar-refractivity contribution is -0.113. The van der Waals surface area contributed by atoms with Crippen LogP contribution >= 0.6 is 69.5 Å². The number of thiophene rings is 1. The summed E-state index contributed by atoms with van der Waals surface area (Å²) in [7, 11) is 0. The molecule has 1 unspecified atom stereocenters. The van der Waals surface area contributed by atoms with Gasteiger partial charge in [-0.2, -0.15) is 0 Å². The highest BCUT2D eigenvalue weighted by Crippen LogP contribution is 2.45. The van der Waals surface area contributed by atoms with Crippen molar-refractivity contribution >= 4 is 104 Å². The monoisotopic (exact) mass is 730 g/mol. The van der Waals surface area contributed by atoms with Crippen molar-refractivity contribution in [1.29, 1.82) is 0 Å². The molecule has 3 aromatic rings. The Morgan fingerprint density at radius 2 is 1.67 bits per heavy atom. The summed E-state index contributed by atoms with van der Waals surface area (Å²) in [4.78, 5) is 52.7. The molecule has 45 heavy (non-hydrogen) atoms. The van der Waals surface area contributed by atoms with E-state index < -0.39 is 34.0 Å². The first-order valence-corrected chi connectivity index (χ1v) is 17.2. The number of esters is 1. The number of halogens is 4. The minimum absolute atomic E-state index is 0.0181. The Kier molecular flexibility index (Phi) is 11.4. The highest BCUT2D eigenvalue weighted by atomic mass is 35.5. The van der Waals surface area contributed by atoms with Crippen molar-refractivity contribution in [2.75, 3.05) is 23.0 Å². The third-order valence-corrected chi connectivity index (χ3v) is 11.4. The molecule has 240 valence electrons. The molecule has 14 heteroatoms. The predicted octanol–water partition coefficient (Wildman–Crippen LogP) is 9.37. The van der Waals surface area contributed by atoms with Gasteiger partial charge in [0, 0.05) is 15.5 Å². The Bertz CT molecular complexity index is 1690. The van der Waals surface area contributed by atoms with Crippen LogP contribution in [-0.2, 0) is 22.4 Å². The molecule has 0 saturated carbocycles. The summed E-state index contributed by atoms with van der Waals surface area (Å²) in [6.45, 7) is 8.62. The molecule has 0 saturated heterocycles. The number of fused-ring (bicyclic) bond motifs is 1. The van der Waals surface area contributed by atoms with E-state index in [2.05, 4.69) is 31.4 Å². The van der Waals surface area contributed by atoms with E-state index in [1.165, 1.54) is 23.1 Å². The maximum Gasteiger partial charge on any atom is 0.341 e. The first-order valence-electron chi connectivity index (χ1n) is 13.9. The lowest BCUT2D eigenvalue weighted by Crippen LogP contribution is -2.26. The molecular weight excluding hydrogens is 702 g/mol. The van der Waals surface area contributed by atoms with E-state index in [9.17, 15) is 24.3 Å². The van der Waals surface area contributed by atoms with Crippen LogP contribution in [0.25, 0.3) is 0 Å². The number of thioether (sulfide) groups is 1. The van der Waals surface area contributed by atoms with Crippen LogP contribution < -0.4 is 10.6 Å². The van der Waals surface area contributed by atoms with Gasteiger partial charge in [0.2, 0.25) is 5.91 Å². The lowest BCUT2D eigenvalue weighted by Gasteiger charge is -2.33. The van der Waals surface area contributed by atoms with E-state index in [0.29, 0.717) is 27.1 Å². The zero-order valence-corrected chi connectivity index (χ0v) is 29.4. The maximum atomic E-state index is 13.1. The number of carboxylic acids is 1. The Morgan fingerprint density at radius 1 is 1.00 bits per heavy atom. The molecule has 0 spiro atoms. The Hall–Kier alpha value is -2.47. The first-order chi connectivity index (χ1) is 21.1. The number of amides is 2. The number of carbonyl (C=O) groups excluding carboxylic acids is 3. The highest BCUT2D eigenvalue weighted by molar-refractivity contribution is 8.00. The number of rotatable bonds is 9. The SMILES string of the molecule is CCOC(=O)c1c(NC(=O)CSc2cccc(NC(=O)c3c(Cl)c(Cl)c(Cl)c(Cl)c3C(=O)O)c2)sc2c1CCC(C(C)(C)C)C2. The molecule has 0 radical (unpaired) electrons. The van der Waals surface area contributed by atoms with E-state index in [-0.39, 0.29) is 38.7 Å². The summed E-state index contributed by atoms with van der Waals surface area (Å²) in [5.41, 5.74) is 0.810. The molecule has 0 aliphatic heterocycles. The maximum absolute atomic E-state index is 13.1. The third kappa shape index (κ3) is 7.92. The molecule has 1 aromatic heterocycles. The van der Waals surface area contributed by atoms with Crippen molar-refractivity contribution in [2.24, 2.45) is 11.3 Å². The van der Waals surface area contributed by atoms with Crippen molar-refractivity contribution < 1.29 is 29.0 Å². The Balaban J connectivity index is 1.48. The van der Waals surface area contributed by atoms with Gasteiger partial charge in [-0.25, -0.2) is 9.59 Å². The number of benzene rings is 2. The molecule has 1 aliphatic rings. The van der Waals surface area contributed by atoms with Crippen molar-refractivity contribution in [1.82, 2.24) is 0 Å². The summed E-state index contributed by atoms with van der Waals surface area (Å²) >= 11 is 27.0. The van der Waals surface area contributed by atoms with Crippen LogP contribution in [0, 0.1) is 11.3 Å². The van der Waals surface area contributed by atoms with Crippen LogP contribution in [0.3, 0.4) is 0 Å². The van der Waals surface area contributed by atoms with Gasteiger partial charge < -0.3 is 20.5 Å². The van der Waals surface area contributed by atoms with Gasteiger partial charge in [0.25, 0.3) is 5.91 Å². The zero-order chi connectivity index (χ0) is 33.2. The lowest BCUT2D eigenvalue weighted by atomic mass is 9.72. The average molecular weight is 733 g/mol. The smallest absolute Gasteiger partial charge is 0.341 e. The summed E-state index contributed by atoms with van der Waals surface area (Å²) in [6, 6.07) is 6.61. The minimum atomic E-state index is -1.51. The molecule has 1 heterocycles. The number of nitrogens with one attached hydrogen (secondary N) is 2. The number of carbonyl (C=O) groups is 4. The number of ether oxygens (including phenoxy) is 1. The number of carboxylic acid groups (broad SMARTS) is 1. The Labute approximate surface area is 289 Å². The Morgan fingerprint density at radius 3 is 2.29 bits per heavy atom. The molecule has 4 rings (SSSR count). The van der Waals surface area contributed by atoms with Gasteiger partial charge in [-0.1, -0.05) is 73.2 Å². The summed E-state index contributed by atoms with van der Waals surface area (Å²) in [6.07, 6.45) is 2.54. The zero-order valence-electron chi connectivity index (χ0n) is 24.7. The first kappa shape index (κ1) is 35.4. The highest BCUT2D eigenvalue weighted by Gasteiger charge is 2.34. The second kappa shape index (κ2) is 14.5. The number of anilines is 2. The van der Waals surface area contributed by atoms with Gasteiger partial charge in [-0.15, -0.1) is 23.1 Å². The van der Waals surface area contributed by atoms with Crippen molar-refractivity contribution in [3.05, 3.63) is 71.5 Å². The molecule has 2 amide bonds. The van der Waals surface area contributed by atoms with Gasteiger partial charge in [-0.3, -0.25) is 9.59 Å². The van der Waals surface area contributed by atoms with Crippen LogP contribution in [0.15, 0.2) is 29.2 Å². The summed E-state index contributed by atoms with van der Waals surface area (Å²) in [5, 5.41) is 14.4. The molecule has 0 bridgehead atoms. The van der Waals surface area contributed by atoms with Gasteiger partial charge in [-0.05, 0) is 61.3 Å². The van der Waals surface area contributed by atoms with E-state index in [1.807, 2.05) is 0 Å². The van der Waals surface area contributed by atoms with E-state index >= 15 is 0 Å². The van der Waals surface area contributed by atoms with Crippen LogP contribution in [0.5, 0.6) is 0 Å². The van der Waals surface area contributed by atoms with Crippen LogP contribution in [0.2, 0.25) is 20.1 Å². The van der Waals surface area contributed by atoms with Crippen LogP contribution in [0.4, 0.5) is 10.7 Å². The quantitative estimate of drug-likeness (QED) is 0.0868. The summed E-state index contributed by atoms with van der Waals surface area (Å²) < 4.78 is 5.34. The van der Waals surface area contributed by atoms with Gasteiger partial charge >= 0.3 is 11.9 Å². The van der Waals surface area contributed by atoms with Crippen molar-refractivity contribution in [3.8, 4) is 0 Å². The molecule has 3 N–H and O–H groups in total.